The van der Waals surface area contributed by atoms with E-state index in [0.29, 0.717) is 13.2 Å². The second-order valence-electron chi connectivity index (χ2n) is 9.27. The minimum atomic E-state index is 0.238. The van der Waals surface area contributed by atoms with Crippen molar-refractivity contribution < 1.29 is 9.47 Å². The van der Waals surface area contributed by atoms with Gasteiger partial charge in [0.2, 0.25) is 0 Å². The molecule has 0 heterocycles. The third kappa shape index (κ3) is 4.50. The Bertz CT molecular complexity index is 841. The molecule has 2 nitrogen and oxygen atoms in total. The zero-order chi connectivity index (χ0) is 20.4. The zero-order valence-corrected chi connectivity index (χ0v) is 18.3. The molecule has 0 amide bonds. The Morgan fingerprint density at radius 1 is 0.893 bits per heavy atom. The van der Waals surface area contributed by atoms with Crippen LogP contribution in [0.25, 0.3) is 11.6 Å². The second kappa shape index (κ2) is 8.13. The van der Waals surface area contributed by atoms with Gasteiger partial charge in [-0.25, -0.2) is 0 Å². The number of benzene rings is 2. The van der Waals surface area contributed by atoms with Gasteiger partial charge in [-0.1, -0.05) is 64.1 Å². The van der Waals surface area contributed by atoms with Gasteiger partial charge in [-0.3, -0.25) is 0 Å². The molecule has 0 fully saturated rings. The first-order valence-corrected chi connectivity index (χ1v) is 10.3. The van der Waals surface area contributed by atoms with Crippen molar-refractivity contribution in [3.63, 3.8) is 0 Å². The van der Waals surface area contributed by atoms with E-state index in [0.717, 1.165) is 5.75 Å². The van der Waals surface area contributed by atoms with E-state index in [1.165, 1.54) is 40.7 Å². The molecular formula is C26H34O2. The number of ether oxygens (including phenoxy) is 2. The van der Waals surface area contributed by atoms with Crippen molar-refractivity contribution in [2.24, 2.45) is 0 Å². The molecule has 2 aromatic rings. The van der Waals surface area contributed by atoms with Crippen LogP contribution in [0.3, 0.4) is 0 Å². The van der Waals surface area contributed by atoms with Gasteiger partial charge in [0.1, 0.15) is 12.4 Å². The van der Waals surface area contributed by atoms with Gasteiger partial charge in [0.05, 0.1) is 6.61 Å². The maximum atomic E-state index is 5.65. The summed E-state index contributed by atoms with van der Waals surface area (Å²) >= 11 is 0. The van der Waals surface area contributed by atoms with E-state index in [4.69, 9.17) is 9.47 Å². The lowest BCUT2D eigenvalue weighted by atomic mass is 9.63. The number of fused-ring (bicyclic) bond motifs is 1. The minimum absolute atomic E-state index is 0.238. The molecule has 28 heavy (non-hydrogen) atoms. The number of rotatable bonds is 6. The predicted octanol–water partition coefficient (Wildman–Crippen LogP) is 6.62. The lowest BCUT2D eigenvalue weighted by Crippen LogP contribution is -2.33. The van der Waals surface area contributed by atoms with Crippen LogP contribution in [0.15, 0.2) is 42.5 Å². The Hall–Kier alpha value is -2.06. The first-order chi connectivity index (χ1) is 13.2. The van der Waals surface area contributed by atoms with E-state index in [9.17, 15) is 0 Å². The Balaban J connectivity index is 1.84. The molecule has 0 atom stereocenters. The molecular weight excluding hydrogens is 344 g/mol. The lowest BCUT2D eigenvalue weighted by molar-refractivity contribution is 0.146. The molecule has 0 saturated carbocycles. The SMILES string of the molecule is COCCOc1ccc(/C=C(\C)c2ccc3c(c2)C(C)(C)CCC3(C)C)cc1. The summed E-state index contributed by atoms with van der Waals surface area (Å²) in [5.41, 5.74) is 7.31. The summed E-state index contributed by atoms with van der Waals surface area (Å²) in [4.78, 5) is 0. The van der Waals surface area contributed by atoms with Crippen molar-refractivity contribution in [3.8, 4) is 5.75 Å². The number of allylic oxidation sites excluding steroid dienone is 1. The Morgan fingerprint density at radius 2 is 1.54 bits per heavy atom. The van der Waals surface area contributed by atoms with E-state index >= 15 is 0 Å². The van der Waals surface area contributed by atoms with E-state index in [-0.39, 0.29) is 10.8 Å². The summed E-state index contributed by atoms with van der Waals surface area (Å²) < 4.78 is 10.7. The van der Waals surface area contributed by atoms with E-state index in [1.54, 1.807) is 7.11 Å². The quantitative estimate of drug-likeness (QED) is 0.415. The molecule has 150 valence electrons. The van der Waals surface area contributed by atoms with Crippen LogP contribution < -0.4 is 4.74 Å². The topological polar surface area (TPSA) is 18.5 Å². The van der Waals surface area contributed by atoms with E-state index in [2.05, 4.69) is 71.0 Å². The highest BCUT2D eigenvalue weighted by molar-refractivity contribution is 5.80. The van der Waals surface area contributed by atoms with Gasteiger partial charge >= 0.3 is 0 Å². The largest absolute Gasteiger partial charge is 0.491 e. The third-order valence-corrected chi connectivity index (χ3v) is 6.13. The molecule has 0 aliphatic heterocycles. The van der Waals surface area contributed by atoms with E-state index in [1.807, 2.05) is 12.1 Å². The monoisotopic (exact) mass is 378 g/mol. The molecule has 0 N–H and O–H groups in total. The molecule has 1 aliphatic carbocycles. The molecule has 1 aliphatic rings. The third-order valence-electron chi connectivity index (χ3n) is 6.13. The minimum Gasteiger partial charge on any atom is -0.491 e. The predicted molar refractivity (Wildman–Crippen MR) is 119 cm³/mol. The first-order valence-electron chi connectivity index (χ1n) is 10.3. The van der Waals surface area contributed by atoms with Gasteiger partial charge in [0, 0.05) is 7.11 Å². The number of methoxy groups -OCH3 is 1. The van der Waals surface area contributed by atoms with Crippen LogP contribution in [0.5, 0.6) is 5.75 Å². The Kier molecular flexibility index (Phi) is 6.00. The van der Waals surface area contributed by atoms with Crippen LogP contribution in [-0.2, 0) is 15.6 Å². The van der Waals surface area contributed by atoms with Gasteiger partial charge in [-0.05, 0) is 70.6 Å². The summed E-state index contributed by atoms with van der Waals surface area (Å²) in [5, 5.41) is 0. The highest BCUT2D eigenvalue weighted by atomic mass is 16.5. The number of hydrogen-bond donors (Lipinski definition) is 0. The average molecular weight is 379 g/mol. The fourth-order valence-electron chi connectivity index (χ4n) is 4.07. The summed E-state index contributed by atoms with van der Waals surface area (Å²) in [6.07, 6.45) is 4.74. The highest BCUT2D eigenvalue weighted by Crippen LogP contribution is 2.46. The molecule has 0 saturated heterocycles. The molecule has 0 aromatic heterocycles. The Morgan fingerprint density at radius 3 is 2.18 bits per heavy atom. The zero-order valence-electron chi connectivity index (χ0n) is 18.3. The highest BCUT2D eigenvalue weighted by Gasteiger charge is 2.36. The lowest BCUT2D eigenvalue weighted by Gasteiger charge is -2.42. The van der Waals surface area contributed by atoms with Gasteiger partial charge in [0.15, 0.2) is 0 Å². The normalized spacial score (nSPS) is 17.9. The van der Waals surface area contributed by atoms with Gasteiger partial charge < -0.3 is 9.47 Å². The van der Waals surface area contributed by atoms with E-state index < -0.39 is 0 Å². The summed E-state index contributed by atoms with van der Waals surface area (Å²) in [6.45, 7) is 12.9. The fourth-order valence-corrected chi connectivity index (χ4v) is 4.07. The van der Waals surface area contributed by atoms with Crippen LogP contribution >= 0.6 is 0 Å². The smallest absolute Gasteiger partial charge is 0.119 e. The van der Waals surface area contributed by atoms with Crippen LogP contribution in [-0.4, -0.2) is 20.3 Å². The number of hydrogen-bond acceptors (Lipinski definition) is 2. The molecule has 2 heteroatoms. The Labute approximate surface area is 170 Å². The van der Waals surface area contributed by atoms with Gasteiger partial charge in [0.25, 0.3) is 0 Å². The standard InChI is InChI=1S/C26H34O2/c1-19(17-20-7-10-22(11-8-20)28-16-15-27-6)21-9-12-23-24(18-21)26(4,5)14-13-25(23,2)3/h7-12,17-18H,13-16H2,1-6H3/b19-17+. The maximum Gasteiger partial charge on any atom is 0.119 e. The summed E-state index contributed by atoms with van der Waals surface area (Å²) in [7, 11) is 1.68. The van der Waals surface area contributed by atoms with Crippen molar-refractivity contribution in [3.05, 3.63) is 64.7 Å². The van der Waals surface area contributed by atoms with Gasteiger partial charge in [-0.2, -0.15) is 0 Å². The van der Waals surface area contributed by atoms with Crippen LogP contribution in [0.1, 0.15) is 69.7 Å². The van der Waals surface area contributed by atoms with Crippen LogP contribution in [0.2, 0.25) is 0 Å². The molecule has 2 aromatic carbocycles. The van der Waals surface area contributed by atoms with Crippen molar-refractivity contribution in [2.75, 3.05) is 20.3 Å². The molecule has 0 radical (unpaired) electrons. The van der Waals surface area contributed by atoms with Crippen molar-refractivity contribution >= 4 is 11.6 Å². The summed E-state index contributed by atoms with van der Waals surface area (Å²) in [5.74, 6) is 0.879. The first kappa shape index (κ1) is 20.7. The molecule has 0 unspecified atom stereocenters. The second-order valence-corrected chi connectivity index (χ2v) is 9.27. The van der Waals surface area contributed by atoms with Crippen LogP contribution in [0, 0.1) is 0 Å². The molecule has 3 rings (SSSR count). The van der Waals surface area contributed by atoms with Crippen molar-refractivity contribution in [2.45, 2.75) is 58.3 Å². The van der Waals surface area contributed by atoms with Crippen LogP contribution in [0.4, 0.5) is 0 Å². The molecule has 0 spiro atoms. The average Bonchev–Trinajstić information content (AvgIpc) is 2.67. The molecule has 0 bridgehead atoms. The fraction of sp³-hybridized carbons (Fsp3) is 0.462. The van der Waals surface area contributed by atoms with Crippen molar-refractivity contribution in [1.82, 2.24) is 0 Å². The maximum absolute atomic E-state index is 5.65. The summed E-state index contributed by atoms with van der Waals surface area (Å²) in [6, 6.07) is 15.3. The van der Waals surface area contributed by atoms with Gasteiger partial charge in [-0.15, -0.1) is 0 Å². The van der Waals surface area contributed by atoms with Crippen molar-refractivity contribution in [1.29, 1.82) is 0 Å².